The molecule has 0 unspecified atom stereocenters. The zero-order chi connectivity index (χ0) is 16.8. The predicted octanol–water partition coefficient (Wildman–Crippen LogP) is 2.37. The van der Waals surface area contributed by atoms with Crippen molar-refractivity contribution in [2.45, 2.75) is 43.9 Å². The lowest BCUT2D eigenvalue weighted by Crippen LogP contribution is -2.54. The molecule has 1 saturated carbocycles. The van der Waals surface area contributed by atoms with Crippen molar-refractivity contribution in [2.75, 3.05) is 36.8 Å². The number of carbonyl (C=O) groups excluding carboxylic acids is 1. The lowest BCUT2D eigenvalue weighted by Gasteiger charge is -2.36. The summed E-state index contributed by atoms with van der Waals surface area (Å²) in [6.45, 7) is 5.24. The molecule has 1 aromatic rings. The van der Waals surface area contributed by atoms with Crippen LogP contribution in [0.25, 0.3) is 0 Å². The summed E-state index contributed by atoms with van der Waals surface area (Å²) in [7, 11) is 0. The van der Waals surface area contributed by atoms with Crippen LogP contribution in [0.4, 0.5) is 10.7 Å². The minimum atomic E-state index is 0.0933. The summed E-state index contributed by atoms with van der Waals surface area (Å²) in [5.74, 6) is 1.92. The van der Waals surface area contributed by atoms with Gasteiger partial charge in [-0.25, -0.2) is 14.8 Å². The first kappa shape index (κ1) is 17.3. The molecule has 2 heterocycles. The van der Waals surface area contributed by atoms with Gasteiger partial charge in [0.05, 0.1) is 0 Å². The fourth-order valence-electron chi connectivity index (χ4n) is 3.49. The third kappa shape index (κ3) is 4.53. The van der Waals surface area contributed by atoms with Crippen molar-refractivity contribution in [2.24, 2.45) is 0 Å². The molecular formula is C17H27N5OS. The average molecular weight is 350 g/mol. The molecule has 2 fully saturated rings. The maximum absolute atomic E-state index is 12.5. The normalized spacial score (nSPS) is 24.7. The van der Waals surface area contributed by atoms with Gasteiger partial charge in [-0.15, -0.1) is 0 Å². The second kappa shape index (κ2) is 8.55. The summed E-state index contributed by atoms with van der Waals surface area (Å²) in [5, 5.41) is 3.96. The molecule has 2 atom stereocenters. The van der Waals surface area contributed by atoms with Gasteiger partial charge in [0.1, 0.15) is 0 Å². The summed E-state index contributed by atoms with van der Waals surface area (Å²) < 4.78 is 0. The van der Waals surface area contributed by atoms with Crippen LogP contribution >= 0.6 is 11.8 Å². The summed E-state index contributed by atoms with van der Waals surface area (Å²) >= 11 is 2.03. The number of rotatable bonds is 4. The Hall–Kier alpha value is -1.50. The second-order valence-corrected chi connectivity index (χ2v) is 7.99. The number of carbonyl (C=O) groups is 1. The Morgan fingerprint density at radius 3 is 2.71 bits per heavy atom. The first-order valence-corrected chi connectivity index (χ1v) is 10.00. The second-order valence-electron chi connectivity index (χ2n) is 6.41. The number of hydrogen-bond donors (Lipinski definition) is 1. The molecule has 2 aliphatic rings. The Kier molecular flexibility index (Phi) is 6.18. The van der Waals surface area contributed by atoms with Crippen molar-refractivity contribution in [3.63, 3.8) is 0 Å². The highest BCUT2D eigenvalue weighted by Gasteiger charge is 2.27. The predicted molar refractivity (Wildman–Crippen MR) is 98.5 cm³/mol. The van der Waals surface area contributed by atoms with E-state index in [9.17, 15) is 4.79 Å². The molecule has 1 aliphatic heterocycles. The van der Waals surface area contributed by atoms with Gasteiger partial charge < -0.3 is 15.1 Å². The Bertz CT molecular complexity index is 519. The van der Waals surface area contributed by atoms with Crippen molar-refractivity contribution in [3.05, 3.63) is 18.5 Å². The molecule has 1 aromatic heterocycles. The van der Waals surface area contributed by atoms with Gasteiger partial charge in [0.25, 0.3) is 0 Å². The fraction of sp³-hybridized carbons (Fsp3) is 0.706. The monoisotopic (exact) mass is 349 g/mol. The van der Waals surface area contributed by atoms with E-state index in [0.29, 0.717) is 11.3 Å². The molecule has 0 aromatic carbocycles. The third-order valence-corrected chi connectivity index (χ3v) is 5.99. The van der Waals surface area contributed by atoms with Crippen molar-refractivity contribution in [3.8, 4) is 0 Å². The third-order valence-electron chi connectivity index (χ3n) is 4.76. The van der Waals surface area contributed by atoms with E-state index in [1.807, 2.05) is 22.7 Å². The standard InChI is InChI=1S/C17H27N5OS/c1-2-24-15-6-3-5-14(13-15)20-17(23)22-11-9-21(10-12-22)16-18-7-4-8-19-16/h4,7-8,14-15H,2-3,5-6,9-13H2,1H3,(H,20,23)/t14-,15+/m0/s1. The van der Waals surface area contributed by atoms with Crippen LogP contribution in [0.1, 0.15) is 32.6 Å². The zero-order valence-corrected chi connectivity index (χ0v) is 15.2. The van der Waals surface area contributed by atoms with Crippen LogP contribution < -0.4 is 10.2 Å². The zero-order valence-electron chi connectivity index (χ0n) is 14.4. The summed E-state index contributed by atoms with van der Waals surface area (Å²) in [4.78, 5) is 25.2. The number of urea groups is 1. The topological polar surface area (TPSA) is 61.4 Å². The molecule has 2 amide bonds. The molecule has 0 radical (unpaired) electrons. The average Bonchev–Trinajstić information content (AvgIpc) is 2.63. The summed E-state index contributed by atoms with van der Waals surface area (Å²) in [6.07, 6.45) is 8.26. The lowest BCUT2D eigenvalue weighted by molar-refractivity contribution is 0.186. The molecular weight excluding hydrogens is 322 g/mol. The van der Waals surface area contributed by atoms with E-state index in [1.54, 1.807) is 12.4 Å². The van der Waals surface area contributed by atoms with Crippen LogP contribution in [0.2, 0.25) is 0 Å². The van der Waals surface area contributed by atoms with Crippen LogP contribution in [0.5, 0.6) is 0 Å². The number of aromatic nitrogens is 2. The number of nitrogens with one attached hydrogen (secondary N) is 1. The SMILES string of the molecule is CCS[C@@H]1CCC[C@H](NC(=O)N2CCN(c3ncccn3)CC2)C1. The van der Waals surface area contributed by atoms with E-state index in [0.717, 1.165) is 50.7 Å². The van der Waals surface area contributed by atoms with Crippen molar-refractivity contribution in [1.82, 2.24) is 20.2 Å². The highest BCUT2D eigenvalue weighted by molar-refractivity contribution is 7.99. The molecule has 24 heavy (non-hydrogen) atoms. The van der Waals surface area contributed by atoms with Crippen molar-refractivity contribution in [1.29, 1.82) is 0 Å². The first-order valence-electron chi connectivity index (χ1n) is 8.95. The van der Waals surface area contributed by atoms with Gasteiger partial charge in [0.15, 0.2) is 0 Å². The minimum Gasteiger partial charge on any atom is -0.337 e. The molecule has 1 aliphatic carbocycles. The van der Waals surface area contributed by atoms with Gasteiger partial charge in [0, 0.05) is 49.9 Å². The van der Waals surface area contributed by atoms with Crippen molar-refractivity contribution >= 4 is 23.7 Å². The van der Waals surface area contributed by atoms with E-state index in [1.165, 1.54) is 12.8 Å². The van der Waals surface area contributed by atoms with Crippen LogP contribution in [0, 0.1) is 0 Å². The first-order chi connectivity index (χ1) is 11.8. The number of piperazine rings is 1. The van der Waals surface area contributed by atoms with E-state index in [4.69, 9.17) is 0 Å². The quantitative estimate of drug-likeness (QED) is 0.904. The fourth-order valence-corrected chi connectivity index (χ4v) is 4.67. The van der Waals surface area contributed by atoms with Crippen LogP contribution in [0.15, 0.2) is 18.5 Å². The number of anilines is 1. The van der Waals surface area contributed by atoms with Gasteiger partial charge >= 0.3 is 6.03 Å². The number of nitrogens with zero attached hydrogens (tertiary/aromatic N) is 4. The minimum absolute atomic E-state index is 0.0933. The van der Waals surface area contributed by atoms with Crippen molar-refractivity contribution < 1.29 is 4.79 Å². The number of hydrogen-bond acceptors (Lipinski definition) is 5. The molecule has 132 valence electrons. The summed E-state index contributed by atoms with van der Waals surface area (Å²) in [6, 6.07) is 2.25. The van der Waals surface area contributed by atoms with E-state index < -0.39 is 0 Å². The van der Waals surface area contributed by atoms with Gasteiger partial charge in [-0.1, -0.05) is 13.3 Å². The van der Waals surface area contributed by atoms with E-state index in [2.05, 4.69) is 27.1 Å². The molecule has 0 spiro atoms. The molecule has 1 N–H and O–H groups in total. The molecule has 3 rings (SSSR count). The Morgan fingerprint density at radius 2 is 2.00 bits per heavy atom. The lowest BCUT2D eigenvalue weighted by atomic mass is 9.95. The Balaban J connectivity index is 1.45. The maximum Gasteiger partial charge on any atom is 0.317 e. The summed E-state index contributed by atoms with van der Waals surface area (Å²) in [5.41, 5.74) is 0. The molecule has 1 saturated heterocycles. The van der Waals surface area contributed by atoms with Gasteiger partial charge in [-0.3, -0.25) is 0 Å². The maximum atomic E-state index is 12.5. The molecule has 7 heteroatoms. The number of thioether (sulfide) groups is 1. The van der Waals surface area contributed by atoms with E-state index >= 15 is 0 Å². The molecule has 6 nitrogen and oxygen atoms in total. The Labute approximate surface area is 148 Å². The van der Waals surface area contributed by atoms with Gasteiger partial charge in [0.2, 0.25) is 5.95 Å². The Morgan fingerprint density at radius 1 is 1.25 bits per heavy atom. The largest absolute Gasteiger partial charge is 0.337 e. The highest BCUT2D eigenvalue weighted by atomic mass is 32.2. The van der Waals surface area contributed by atoms with Crippen LogP contribution in [0.3, 0.4) is 0 Å². The van der Waals surface area contributed by atoms with Crippen LogP contribution in [-0.4, -0.2) is 64.1 Å². The number of amides is 2. The smallest absolute Gasteiger partial charge is 0.317 e. The van der Waals surface area contributed by atoms with Gasteiger partial charge in [-0.05, 0) is 31.1 Å². The van der Waals surface area contributed by atoms with Crippen LogP contribution in [-0.2, 0) is 0 Å². The van der Waals surface area contributed by atoms with E-state index in [-0.39, 0.29) is 6.03 Å². The highest BCUT2D eigenvalue weighted by Crippen LogP contribution is 2.28. The van der Waals surface area contributed by atoms with Gasteiger partial charge in [-0.2, -0.15) is 11.8 Å². The molecule has 0 bridgehead atoms.